The Kier molecular flexibility index (Phi) is 5.83. The summed E-state index contributed by atoms with van der Waals surface area (Å²) >= 11 is 3.28. The predicted octanol–water partition coefficient (Wildman–Crippen LogP) is 2.29. The first-order chi connectivity index (χ1) is 12.3. The molecule has 1 aliphatic rings. The van der Waals surface area contributed by atoms with Gasteiger partial charge in [0.2, 0.25) is 20.0 Å². The summed E-state index contributed by atoms with van der Waals surface area (Å²) in [6.45, 7) is 0.594. The monoisotopic (exact) mass is 458 g/mol. The fourth-order valence-electron chi connectivity index (χ4n) is 2.84. The van der Waals surface area contributed by atoms with E-state index in [1.54, 1.807) is 48.5 Å². The molecule has 26 heavy (non-hydrogen) atoms. The van der Waals surface area contributed by atoms with E-state index in [-0.39, 0.29) is 36.8 Å². The molecule has 0 bridgehead atoms. The molecule has 0 amide bonds. The number of hydrogen-bond acceptors (Lipinski definition) is 4. The van der Waals surface area contributed by atoms with Crippen molar-refractivity contribution in [2.45, 2.75) is 10.6 Å². The lowest BCUT2D eigenvalue weighted by Gasteiger charge is -2.33. The third-order valence-electron chi connectivity index (χ3n) is 4.22. The first-order valence-corrected chi connectivity index (χ1v) is 11.9. The minimum Gasteiger partial charge on any atom is -0.212 e. The maximum atomic E-state index is 12.7. The summed E-state index contributed by atoms with van der Waals surface area (Å²) in [4.78, 5) is 0.201. The fraction of sp³-hybridized carbons (Fsp3) is 0.294. The summed E-state index contributed by atoms with van der Waals surface area (Å²) in [5.41, 5.74) is 0.719. The number of benzene rings is 2. The van der Waals surface area contributed by atoms with Crippen molar-refractivity contribution in [3.63, 3.8) is 0 Å². The summed E-state index contributed by atoms with van der Waals surface area (Å²) < 4.78 is 54.0. The highest BCUT2D eigenvalue weighted by atomic mass is 79.9. The highest BCUT2D eigenvalue weighted by Gasteiger charge is 2.33. The third kappa shape index (κ3) is 4.34. The number of rotatable bonds is 5. The molecule has 0 spiro atoms. The lowest BCUT2D eigenvalue weighted by Crippen LogP contribution is -2.50. The number of sulfonamides is 2. The molecule has 2 aromatic rings. The normalized spacial score (nSPS) is 17.3. The van der Waals surface area contributed by atoms with Crippen molar-refractivity contribution in [1.29, 1.82) is 0 Å². The van der Waals surface area contributed by atoms with E-state index in [0.29, 0.717) is 4.47 Å². The van der Waals surface area contributed by atoms with Crippen molar-refractivity contribution in [3.05, 3.63) is 64.6 Å². The van der Waals surface area contributed by atoms with Crippen LogP contribution in [0.5, 0.6) is 0 Å². The number of nitrogens with zero attached hydrogens (tertiary/aromatic N) is 2. The second-order valence-corrected chi connectivity index (χ2v) is 10.8. The Morgan fingerprint density at radius 3 is 2.04 bits per heavy atom. The molecule has 6 nitrogen and oxygen atoms in total. The van der Waals surface area contributed by atoms with E-state index in [1.165, 1.54) is 8.61 Å². The van der Waals surface area contributed by atoms with Crippen molar-refractivity contribution in [1.82, 2.24) is 8.61 Å². The van der Waals surface area contributed by atoms with E-state index >= 15 is 0 Å². The van der Waals surface area contributed by atoms with Crippen molar-refractivity contribution < 1.29 is 16.8 Å². The zero-order chi connectivity index (χ0) is 18.8. The van der Waals surface area contributed by atoms with Gasteiger partial charge in [-0.2, -0.15) is 8.61 Å². The van der Waals surface area contributed by atoms with Crippen LogP contribution in [0.3, 0.4) is 0 Å². The van der Waals surface area contributed by atoms with E-state index in [9.17, 15) is 16.8 Å². The molecule has 1 fully saturated rings. The van der Waals surface area contributed by atoms with Crippen LogP contribution in [-0.2, 0) is 25.8 Å². The molecule has 1 aliphatic heterocycles. The van der Waals surface area contributed by atoms with Gasteiger partial charge >= 0.3 is 0 Å². The van der Waals surface area contributed by atoms with Gasteiger partial charge in [0, 0.05) is 30.7 Å². The molecular formula is C17H19BrN2O4S2. The number of halogens is 1. The van der Waals surface area contributed by atoms with Gasteiger partial charge in [-0.25, -0.2) is 16.8 Å². The summed E-state index contributed by atoms with van der Waals surface area (Å²) in [5, 5.41) is 0. The van der Waals surface area contributed by atoms with Crippen molar-refractivity contribution >= 4 is 36.0 Å². The highest BCUT2D eigenvalue weighted by Crippen LogP contribution is 2.22. The summed E-state index contributed by atoms with van der Waals surface area (Å²) in [6, 6.07) is 15.5. The van der Waals surface area contributed by atoms with Gasteiger partial charge in [-0.1, -0.05) is 52.3 Å². The molecule has 2 aromatic carbocycles. The molecular weight excluding hydrogens is 440 g/mol. The van der Waals surface area contributed by atoms with Crippen LogP contribution >= 0.6 is 15.9 Å². The van der Waals surface area contributed by atoms with Crippen LogP contribution in [0.25, 0.3) is 0 Å². The van der Waals surface area contributed by atoms with Crippen LogP contribution in [0.1, 0.15) is 5.56 Å². The van der Waals surface area contributed by atoms with E-state index in [4.69, 9.17) is 0 Å². The maximum Gasteiger partial charge on any atom is 0.243 e. The summed E-state index contributed by atoms with van der Waals surface area (Å²) in [5.74, 6) is -0.0772. The summed E-state index contributed by atoms with van der Waals surface area (Å²) in [6.07, 6.45) is 0. The first kappa shape index (κ1) is 19.5. The van der Waals surface area contributed by atoms with E-state index < -0.39 is 20.0 Å². The van der Waals surface area contributed by atoms with Gasteiger partial charge in [-0.3, -0.25) is 0 Å². The molecule has 1 saturated heterocycles. The van der Waals surface area contributed by atoms with Crippen LogP contribution in [-0.4, -0.2) is 51.6 Å². The Morgan fingerprint density at radius 1 is 0.808 bits per heavy atom. The van der Waals surface area contributed by atoms with Gasteiger partial charge < -0.3 is 0 Å². The fourth-order valence-corrected chi connectivity index (χ4v) is 6.38. The van der Waals surface area contributed by atoms with Crippen LogP contribution in [0.15, 0.2) is 64.0 Å². The maximum absolute atomic E-state index is 12.7. The number of piperazine rings is 1. The lowest BCUT2D eigenvalue weighted by atomic mass is 10.2. The smallest absolute Gasteiger partial charge is 0.212 e. The Hall–Kier alpha value is -1.26. The van der Waals surface area contributed by atoms with Gasteiger partial charge in [-0.15, -0.1) is 0 Å². The van der Waals surface area contributed by atoms with Crippen LogP contribution in [0, 0.1) is 0 Å². The lowest BCUT2D eigenvalue weighted by molar-refractivity contribution is 0.272. The van der Waals surface area contributed by atoms with Gasteiger partial charge in [-0.05, 0) is 23.8 Å². The molecule has 0 atom stereocenters. The zero-order valence-corrected chi connectivity index (χ0v) is 17.2. The minimum atomic E-state index is -3.63. The van der Waals surface area contributed by atoms with Gasteiger partial charge in [0.05, 0.1) is 10.6 Å². The van der Waals surface area contributed by atoms with Gasteiger partial charge in [0.1, 0.15) is 0 Å². The molecule has 1 heterocycles. The van der Waals surface area contributed by atoms with Crippen LogP contribution in [0.2, 0.25) is 0 Å². The van der Waals surface area contributed by atoms with Crippen molar-refractivity contribution in [2.75, 3.05) is 26.2 Å². The molecule has 0 unspecified atom stereocenters. The van der Waals surface area contributed by atoms with E-state index in [0.717, 1.165) is 5.56 Å². The molecule has 9 heteroatoms. The van der Waals surface area contributed by atoms with Crippen molar-refractivity contribution in [3.8, 4) is 0 Å². The molecule has 0 radical (unpaired) electrons. The van der Waals surface area contributed by atoms with E-state index in [1.807, 2.05) is 6.07 Å². The molecule has 0 N–H and O–H groups in total. The Bertz CT molecular complexity index is 971. The predicted molar refractivity (Wildman–Crippen MR) is 104 cm³/mol. The third-order valence-corrected chi connectivity index (χ3v) is 8.45. The summed E-state index contributed by atoms with van der Waals surface area (Å²) in [7, 11) is -7.10. The molecule has 0 saturated carbocycles. The topological polar surface area (TPSA) is 74.8 Å². The number of hydrogen-bond donors (Lipinski definition) is 0. The molecule has 0 aliphatic carbocycles. The second-order valence-electron chi connectivity index (χ2n) is 6.00. The van der Waals surface area contributed by atoms with Crippen LogP contribution in [0.4, 0.5) is 0 Å². The van der Waals surface area contributed by atoms with Gasteiger partial charge in [0.25, 0.3) is 0 Å². The highest BCUT2D eigenvalue weighted by molar-refractivity contribution is 9.10. The van der Waals surface area contributed by atoms with Crippen LogP contribution < -0.4 is 0 Å². The second kappa shape index (κ2) is 7.77. The quantitative estimate of drug-likeness (QED) is 0.688. The van der Waals surface area contributed by atoms with Gasteiger partial charge in [0.15, 0.2) is 0 Å². The zero-order valence-electron chi connectivity index (χ0n) is 14.0. The van der Waals surface area contributed by atoms with E-state index in [2.05, 4.69) is 15.9 Å². The average molecular weight is 459 g/mol. The average Bonchev–Trinajstić information content (AvgIpc) is 2.62. The standard InChI is InChI=1S/C17H19BrN2O4S2/c18-16-7-4-8-17(13-16)26(23,24)20-11-9-19(10-12-20)25(21,22)14-15-5-2-1-3-6-15/h1-8,13H,9-12,14H2. The SMILES string of the molecule is O=S(=O)(Cc1ccccc1)N1CCN(S(=O)(=O)c2cccc(Br)c2)CC1. The molecule has 0 aromatic heterocycles. The Morgan fingerprint density at radius 2 is 1.42 bits per heavy atom. The molecule has 3 rings (SSSR count). The molecule has 140 valence electrons. The first-order valence-electron chi connectivity index (χ1n) is 8.06. The Labute approximate surface area is 162 Å². The van der Waals surface area contributed by atoms with Crippen molar-refractivity contribution in [2.24, 2.45) is 0 Å². The Balaban J connectivity index is 1.69. The largest absolute Gasteiger partial charge is 0.243 e. The minimum absolute atomic E-state index is 0.0772.